The zero-order chi connectivity index (χ0) is 30.3. The first-order valence-corrected chi connectivity index (χ1v) is 14.4. The molecule has 0 radical (unpaired) electrons. The molecule has 0 saturated heterocycles. The highest BCUT2D eigenvalue weighted by Gasteiger charge is 2.59. The fraction of sp³-hybridized carbons (Fsp3) is 0.375. The zero-order valence-corrected chi connectivity index (χ0v) is 25.0. The molecule has 0 bridgehead atoms. The van der Waals surface area contributed by atoms with Gasteiger partial charge in [-0.15, -0.1) is 6.58 Å². The standard InChI is InChI=1S/C32H33Cl2FN2O5/c1-4-13-41-17-27(26-10-9-23(34)16-36-26)37-29(39)24-14-21(30(2,3)40)15-25(35)28(24)32(37,20-5-7-22(33)8-6-20)42-19-31(18-38)11-12-31/h4-10,14-16,27,38,40H,1,11-13,17-19H2,2-3H3/t27?,32-/m1/s1. The average Bonchev–Trinajstić information content (AvgIpc) is 3.70. The van der Waals surface area contributed by atoms with E-state index in [9.17, 15) is 15.0 Å². The Balaban J connectivity index is 1.80. The maximum atomic E-state index is 16.5. The molecular weight excluding hydrogens is 582 g/mol. The summed E-state index contributed by atoms with van der Waals surface area (Å²) < 4.78 is 29.2. The van der Waals surface area contributed by atoms with Crippen molar-refractivity contribution >= 4 is 29.1 Å². The van der Waals surface area contributed by atoms with Gasteiger partial charge >= 0.3 is 0 Å². The monoisotopic (exact) mass is 614 g/mol. The molecule has 10 heteroatoms. The van der Waals surface area contributed by atoms with E-state index in [4.69, 9.17) is 32.7 Å². The van der Waals surface area contributed by atoms with Gasteiger partial charge in [0, 0.05) is 22.2 Å². The number of hydrogen-bond donors (Lipinski definition) is 2. The lowest BCUT2D eigenvalue weighted by Crippen LogP contribution is -2.51. The SMILES string of the molecule is C=CCOCC(c1ccc(Cl)cn1)N1C(=O)c2cc(C(C)(C)O)cc(F)c2[C@]1(OCC1(CO)CC1)c1ccc(Cl)cc1. The summed E-state index contributed by atoms with van der Waals surface area (Å²) >= 11 is 12.4. The molecule has 2 N–H and O–H groups in total. The fourth-order valence-corrected chi connectivity index (χ4v) is 5.57. The van der Waals surface area contributed by atoms with Crippen LogP contribution in [-0.4, -0.2) is 52.4 Å². The minimum absolute atomic E-state index is 0.000698. The number of carbonyl (C=O) groups excluding carboxylic acids is 1. The molecule has 7 nitrogen and oxygen atoms in total. The average molecular weight is 616 g/mol. The van der Waals surface area contributed by atoms with Gasteiger partial charge in [0.05, 0.1) is 53.9 Å². The molecule has 5 rings (SSSR count). The number of aliphatic hydroxyl groups excluding tert-OH is 1. The molecule has 2 aromatic carbocycles. The van der Waals surface area contributed by atoms with Gasteiger partial charge in [-0.2, -0.15) is 0 Å². The number of halogens is 3. The van der Waals surface area contributed by atoms with E-state index < -0.39 is 34.5 Å². The first-order valence-electron chi connectivity index (χ1n) is 13.7. The molecule has 1 amide bonds. The minimum Gasteiger partial charge on any atom is -0.396 e. The Morgan fingerprint density at radius 3 is 2.43 bits per heavy atom. The predicted molar refractivity (Wildman–Crippen MR) is 158 cm³/mol. The summed E-state index contributed by atoms with van der Waals surface area (Å²) in [5, 5.41) is 21.8. The van der Waals surface area contributed by atoms with E-state index in [1.165, 1.54) is 37.1 Å². The molecule has 1 saturated carbocycles. The van der Waals surface area contributed by atoms with E-state index in [1.54, 1.807) is 42.5 Å². The Morgan fingerprint density at radius 1 is 1.17 bits per heavy atom. The first kappa shape index (κ1) is 30.6. The van der Waals surface area contributed by atoms with Crippen molar-refractivity contribution in [1.29, 1.82) is 0 Å². The number of fused-ring (bicyclic) bond motifs is 1. The van der Waals surface area contributed by atoms with Gasteiger partial charge in [0.2, 0.25) is 5.72 Å². The van der Waals surface area contributed by atoms with Gasteiger partial charge in [-0.3, -0.25) is 14.7 Å². The van der Waals surface area contributed by atoms with Gasteiger partial charge in [-0.1, -0.05) is 41.4 Å². The Hall–Kier alpha value is -2.85. The molecule has 2 atom stereocenters. The number of nitrogens with zero attached hydrogens (tertiary/aromatic N) is 2. The van der Waals surface area contributed by atoms with Crippen molar-refractivity contribution in [3.63, 3.8) is 0 Å². The summed E-state index contributed by atoms with van der Waals surface area (Å²) in [5.74, 6) is -1.26. The van der Waals surface area contributed by atoms with Gasteiger partial charge in [-0.25, -0.2) is 4.39 Å². The highest BCUT2D eigenvalue weighted by Crippen LogP contribution is 2.54. The van der Waals surface area contributed by atoms with Crippen molar-refractivity contribution in [1.82, 2.24) is 9.88 Å². The van der Waals surface area contributed by atoms with Crippen LogP contribution in [0.4, 0.5) is 4.39 Å². The second-order valence-electron chi connectivity index (χ2n) is 11.5. The smallest absolute Gasteiger partial charge is 0.257 e. The molecule has 1 aliphatic heterocycles. The topological polar surface area (TPSA) is 92.1 Å². The number of aromatic nitrogens is 1. The van der Waals surface area contributed by atoms with Crippen molar-refractivity contribution in [3.05, 3.63) is 111 Å². The molecule has 1 unspecified atom stereocenters. The van der Waals surface area contributed by atoms with E-state index in [0.717, 1.165) is 12.8 Å². The largest absolute Gasteiger partial charge is 0.396 e. The Kier molecular flexibility index (Phi) is 8.51. The second-order valence-corrected chi connectivity index (χ2v) is 12.3. The van der Waals surface area contributed by atoms with E-state index in [-0.39, 0.29) is 43.1 Å². The molecule has 42 heavy (non-hydrogen) atoms. The van der Waals surface area contributed by atoms with E-state index >= 15 is 4.39 Å². The third kappa shape index (κ3) is 5.60. The van der Waals surface area contributed by atoms with Crippen LogP contribution < -0.4 is 0 Å². The third-order valence-corrected chi connectivity index (χ3v) is 8.43. The second kappa shape index (κ2) is 11.7. The molecule has 1 fully saturated rings. The van der Waals surface area contributed by atoms with Crippen molar-refractivity contribution < 1.29 is 28.9 Å². The highest BCUT2D eigenvalue weighted by molar-refractivity contribution is 6.30. The predicted octanol–water partition coefficient (Wildman–Crippen LogP) is 6.14. The summed E-state index contributed by atoms with van der Waals surface area (Å²) in [6.07, 6.45) is 4.51. The number of carbonyl (C=O) groups is 1. The lowest BCUT2D eigenvalue weighted by atomic mass is 9.88. The zero-order valence-electron chi connectivity index (χ0n) is 23.4. The Bertz CT molecular complexity index is 1470. The quantitative estimate of drug-likeness (QED) is 0.188. The van der Waals surface area contributed by atoms with Crippen molar-refractivity contribution in [2.45, 2.75) is 44.1 Å². The van der Waals surface area contributed by atoms with Crippen LogP contribution in [0.1, 0.15) is 65.5 Å². The highest BCUT2D eigenvalue weighted by atomic mass is 35.5. The van der Waals surface area contributed by atoms with Gasteiger partial charge < -0.3 is 19.7 Å². The van der Waals surface area contributed by atoms with Crippen molar-refractivity contribution in [2.24, 2.45) is 5.41 Å². The Morgan fingerprint density at radius 2 is 1.86 bits per heavy atom. The molecular formula is C32H33Cl2FN2O5. The van der Waals surface area contributed by atoms with E-state index in [2.05, 4.69) is 11.6 Å². The maximum absolute atomic E-state index is 16.5. The van der Waals surface area contributed by atoms with E-state index in [1.807, 2.05) is 0 Å². The number of rotatable bonds is 12. The molecule has 1 aliphatic carbocycles. The van der Waals surface area contributed by atoms with Crippen LogP contribution in [0, 0.1) is 11.2 Å². The molecule has 1 aromatic heterocycles. The molecule has 222 valence electrons. The Labute approximate surface area is 254 Å². The summed E-state index contributed by atoms with van der Waals surface area (Å²) in [6, 6.07) is 11.9. The third-order valence-electron chi connectivity index (χ3n) is 7.95. The number of aliphatic hydroxyl groups is 2. The minimum atomic E-state index is -1.80. The maximum Gasteiger partial charge on any atom is 0.257 e. The summed E-state index contributed by atoms with van der Waals surface area (Å²) in [7, 11) is 0. The van der Waals surface area contributed by atoms with Gasteiger partial charge in [0.15, 0.2) is 0 Å². The number of hydrogen-bond acceptors (Lipinski definition) is 6. The number of pyridine rings is 1. The van der Waals surface area contributed by atoms with Crippen LogP contribution in [-0.2, 0) is 20.8 Å². The van der Waals surface area contributed by atoms with Crippen LogP contribution >= 0.6 is 23.2 Å². The summed E-state index contributed by atoms with van der Waals surface area (Å²) in [6.45, 7) is 6.87. The van der Waals surface area contributed by atoms with Crippen LogP contribution in [0.25, 0.3) is 0 Å². The fourth-order valence-electron chi connectivity index (χ4n) is 5.33. The van der Waals surface area contributed by atoms with Crippen molar-refractivity contribution in [2.75, 3.05) is 26.4 Å². The number of amides is 1. The van der Waals surface area contributed by atoms with Crippen molar-refractivity contribution in [3.8, 4) is 0 Å². The van der Waals surface area contributed by atoms with Crippen LogP contribution in [0.3, 0.4) is 0 Å². The number of ether oxygens (including phenoxy) is 2. The van der Waals surface area contributed by atoms with Crippen LogP contribution in [0.2, 0.25) is 10.0 Å². The van der Waals surface area contributed by atoms with Gasteiger partial charge in [-0.05, 0) is 68.7 Å². The van der Waals surface area contributed by atoms with Crippen LogP contribution in [0.5, 0.6) is 0 Å². The molecule has 3 aromatic rings. The summed E-state index contributed by atoms with van der Waals surface area (Å²) in [4.78, 5) is 20.6. The lowest BCUT2D eigenvalue weighted by molar-refractivity contribution is -0.147. The van der Waals surface area contributed by atoms with Gasteiger partial charge in [0.1, 0.15) is 11.9 Å². The molecule has 2 aliphatic rings. The summed E-state index contributed by atoms with van der Waals surface area (Å²) in [5.41, 5.74) is -2.56. The molecule has 0 spiro atoms. The first-order chi connectivity index (χ1) is 20.0. The van der Waals surface area contributed by atoms with Crippen LogP contribution in [0.15, 0.2) is 67.4 Å². The number of benzene rings is 2. The normalized spacial score (nSPS) is 20.0. The molecule has 2 heterocycles. The van der Waals surface area contributed by atoms with Gasteiger partial charge in [0.25, 0.3) is 5.91 Å². The van der Waals surface area contributed by atoms with E-state index in [0.29, 0.717) is 21.3 Å². The lowest BCUT2D eigenvalue weighted by Gasteiger charge is -2.44.